The molecular formula is C29H35N3O4S. The van der Waals surface area contributed by atoms with Crippen LogP contribution in [-0.2, 0) is 23.0 Å². The van der Waals surface area contributed by atoms with Crippen LogP contribution in [-0.4, -0.2) is 42.5 Å². The molecule has 3 N–H and O–H groups in total. The number of fused-ring (bicyclic) bond motifs is 1. The highest BCUT2D eigenvalue weighted by atomic mass is 32.2. The maximum Gasteiger partial charge on any atom is 0.254 e. The Bertz CT molecular complexity index is 1360. The number of hydrogen-bond acceptors (Lipinski definition) is 5. The van der Waals surface area contributed by atoms with Gasteiger partial charge in [0.05, 0.1) is 22.6 Å². The molecule has 4 rings (SSSR count). The number of sulfonamides is 1. The Labute approximate surface area is 219 Å². The van der Waals surface area contributed by atoms with Gasteiger partial charge in [-0.2, -0.15) is 0 Å². The average Bonchev–Trinajstić information content (AvgIpc) is 2.89. The Hall–Kier alpha value is -3.20. The molecule has 37 heavy (non-hydrogen) atoms. The summed E-state index contributed by atoms with van der Waals surface area (Å²) in [5.74, 6) is -0.162. The molecule has 1 aliphatic rings. The lowest BCUT2D eigenvalue weighted by Crippen LogP contribution is -2.54. The van der Waals surface area contributed by atoms with Gasteiger partial charge in [0.25, 0.3) is 5.91 Å². The molecule has 196 valence electrons. The topological polar surface area (TPSA) is 98.7 Å². The van der Waals surface area contributed by atoms with Crippen molar-refractivity contribution >= 4 is 21.6 Å². The van der Waals surface area contributed by atoms with Crippen molar-refractivity contribution in [2.75, 3.05) is 11.9 Å². The third-order valence-corrected chi connectivity index (χ3v) is 8.41. The number of amides is 1. The number of aliphatic hydroxyl groups excluding tert-OH is 1. The van der Waals surface area contributed by atoms with Crippen LogP contribution in [0.5, 0.6) is 0 Å². The molecule has 1 heterocycles. The first-order chi connectivity index (χ1) is 17.6. The van der Waals surface area contributed by atoms with Crippen molar-refractivity contribution in [3.8, 4) is 0 Å². The molecule has 1 amide bonds. The lowest BCUT2D eigenvalue weighted by molar-refractivity contribution is 0.0741. The van der Waals surface area contributed by atoms with E-state index in [4.69, 9.17) is 0 Å². The maximum absolute atomic E-state index is 13.5. The van der Waals surface area contributed by atoms with E-state index in [-0.39, 0.29) is 10.8 Å². The van der Waals surface area contributed by atoms with Gasteiger partial charge in [-0.3, -0.25) is 4.79 Å². The molecular weight excluding hydrogens is 486 g/mol. The van der Waals surface area contributed by atoms with Crippen molar-refractivity contribution in [3.63, 3.8) is 0 Å². The summed E-state index contributed by atoms with van der Waals surface area (Å²) in [5.41, 5.74) is 2.89. The van der Waals surface area contributed by atoms with Crippen molar-refractivity contribution in [1.29, 1.82) is 0 Å². The fraction of sp³-hybridized carbons (Fsp3) is 0.345. The quantitative estimate of drug-likeness (QED) is 0.406. The van der Waals surface area contributed by atoms with E-state index in [0.29, 0.717) is 29.9 Å². The van der Waals surface area contributed by atoms with Crippen LogP contribution in [0.15, 0.2) is 77.7 Å². The van der Waals surface area contributed by atoms with E-state index in [9.17, 15) is 18.3 Å². The van der Waals surface area contributed by atoms with Crippen LogP contribution in [0.25, 0.3) is 0 Å². The first-order valence-electron chi connectivity index (χ1n) is 12.6. The molecule has 3 aromatic rings. The molecule has 2 atom stereocenters. The molecule has 0 radical (unpaired) electrons. The zero-order chi connectivity index (χ0) is 26.8. The van der Waals surface area contributed by atoms with Gasteiger partial charge in [0.1, 0.15) is 0 Å². The second-order valence-electron chi connectivity index (χ2n) is 9.99. The molecule has 1 aliphatic heterocycles. The predicted molar refractivity (Wildman–Crippen MR) is 146 cm³/mol. The fourth-order valence-corrected chi connectivity index (χ4v) is 5.88. The van der Waals surface area contributed by atoms with Gasteiger partial charge in [-0.1, -0.05) is 49.4 Å². The number of hydrogen-bond donors (Lipinski definition) is 3. The summed E-state index contributed by atoms with van der Waals surface area (Å²) in [7, 11) is -3.94. The zero-order valence-corrected chi connectivity index (χ0v) is 22.5. The van der Waals surface area contributed by atoms with Gasteiger partial charge in [-0.25, -0.2) is 13.1 Å². The Morgan fingerprint density at radius 1 is 1.00 bits per heavy atom. The van der Waals surface area contributed by atoms with Gasteiger partial charge >= 0.3 is 0 Å². The van der Waals surface area contributed by atoms with Gasteiger partial charge in [-0.15, -0.1) is 0 Å². The largest absolute Gasteiger partial charge is 0.389 e. The summed E-state index contributed by atoms with van der Waals surface area (Å²) in [4.78, 5) is 15.3. The van der Waals surface area contributed by atoms with Crippen molar-refractivity contribution in [3.05, 3.63) is 95.1 Å². The average molecular weight is 522 g/mol. The van der Waals surface area contributed by atoms with E-state index < -0.39 is 27.7 Å². The van der Waals surface area contributed by atoms with E-state index in [2.05, 4.69) is 10.0 Å². The molecule has 0 bridgehead atoms. The molecule has 0 fully saturated rings. The van der Waals surface area contributed by atoms with E-state index in [1.165, 1.54) is 0 Å². The first-order valence-corrected chi connectivity index (χ1v) is 14.1. The summed E-state index contributed by atoms with van der Waals surface area (Å²) in [6.45, 7) is 8.54. The Kier molecular flexibility index (Phi) is 7.73. The van der Waals surface area contributed by atoms with Gasteiger partial charge in [0.2, 0.25) is 10.0 Å². The highest BCUT2D eigenvalue weighted by Crippen LogP contribution is 2.39. The number of nitrogens with one attached hydrogen (secondary N) is 2. The van der Waals surface area contributed by atoms with E-state index in [1.54, 1.807) is 47.4 Å². The van der Waals surface area contributed by atoms with Crippen LogP contribution in [0.2, 0.25) is 0 Å². The minimum Gasteiger partial charge on any atom is -0.389 e. The summed E-state index contributed by atoms with van der Waals surface area (Å²) in [6, 6.07) is 20.7. The maximum atomic E-state index is 13.5. The van der Waals surface area contributed by atoms with Crippen LogP contribution < -0.4 is 10.0 Å². The Morgan fingerprint density at radius 2 is 1.68 bits per heavy atom. The highest BCUT2D eigenvalue weighted by molar-refractivity contribution is 7.89. The van der Waals surface area contributed by atoms with Crippen molar-refractivity contribution in [2.24, 2.45) is 0 Å². The monoisotopic (exact) mass is 521 g/mol. The number of nitrogens with zero attached hydrogens (tertiary/aromatic N) is 1. The fourth-order valence-electron chi connectivity index (χ4n) is 4.66. The summed E-state index contributed by atoms with van der Waals surface area (Å²) in [5, 5.41) is 14.5. The van der Waals surface area contributed by atoms with Crippen molar-refractivity contribution < 1.29 is 18.3 Å². The third kappa shape index (κ3) is 5.71. The van der Waals surface area contributed by atoms with Crippen molar-refractivity contribution in [1.82, 2.24) is 9.62 Å². The van der Waals surface area contributed by atoms with Crippen LogP contribution in [0, 0.1) is 0 Å². The van der Waals surface area contributed by atoms with Crippen LogP contribution >= 0.6 is 0 Å². The van der Waals surface area contributed by atoms with Crippen molar-refractivity contribution in [2.45, 2.75) is 63.2 Å². The molecule has 0 aromatic heterocycles. The van der Waals surface area contributed by atoms with E-state index in [0.717, 1.165) is 17.5 Å². The summed E-state index contributed by atoms with van der Waals surface area (Å²) < 4.78 is 29.4. The minimum atomic E-state index is -3.94. The number of anilines is 1. The van der Waals surface area contributed by atoms with Gasteiger partial charge < -0.3 is 15.3 Å². The predicted octanol–water partition coefficient (Wildman–Crippen LogP) is 4.50. The number of aliphatic hydroxyl groups is 1. The smallest absolute Gasteiger partial charge is 0.254 e. The molecule has 3 aromatic carbocycles. The number of benzene rings is 3. The van der Waals surface area contributed by atoms with Gasteiger partial charge in [0, 0.05) is 24.3 Å². The Morgan fingerprint density at radius 3 is 2.30 bits per heavy atom. The number of carbonyl (C=O) groups excluding carboxylic acids is 1. The first kappa shape index (κ1) is 26.9. The molecule has 0 saturated carbocycles. The van der Waals surface area contributed by atoms with E-state index in [1.807, 2.05) is 58.0 Å². The van der Waals surface area contributed by atoms with Gasteiger partial charge in [-0.05, 0) is 74.2 Å². The highest BCUT2D eigenvalue weighted by Gasteiger charge is 2.43. The Balaban J connectivity index is 1.68. The molecule has 0 spiro atoms. The number of aryl methyl sites for hydroxylation is 1. The van der Waals surface area contributed by atoms with Crippen LogP contribution in [0.3, 0.4) is 0 Å². The molecule has 0 saturated heterocycles. The minimum absolute atomic E-state index is 0.127. The zero-order valence-electron chi connectivity index (χ0n) is 21.7. The standard InChI is InChI=1S/C29H35N3O4S/c1-5-20-12-15-23(16-13-20)37(35,36)31-26-24-18-22(14-17-25(24)30-29(3,4)27(26)33)28(34)32(6-2)19-21-10-8-7-9-11-21/h7-18,26-27,30-31,33H,5-6,19H2,1-4H3/t26-,27+/m1/s1. The molecule has 7 nitrogen and oxygen atoms in total. The van der Waals surface area contributed by atoms with E-state index >= 15 is 0 Å². The van der Waals surface area contributed by atoms with Crippen LogP contribution in [0.4, 0.5) is 5.69 Å². The summed E-state index contributed by atoms with van der Waals surface area (Å²) in [6.07, 6.45) is -0.278. The molecule has 0 aliphatic carbocycles. The number of carbonyl (C=O) groups is 1. The lowest BCUT2D eigenvalue weighted by Gasteiger charge is -2.43. The second-order valence-corrected chi connectivity index (χ2v) is 11.7. The van der Waals surface area contributed by atoms with Gasteiger partial charge in [0.15, 0.2) is 0 Å². The normalized spacial score (nSPS) is 18.5. The third-order valence-electron chi connectivity index (χ3n) is 6.95. The molecule has 0 unspecified atom stereocenters. The number of rotatable bonds is 8. The second kappa shape index (κ2) is 10.7. The summed E-state index contributed by atoms with van der Waals surface area (Å²) >= 11 is 0. The molecule has 8 heteroatoms. The SMILES string of the molecule is CCc1ccc(S(=O)(=O)N[C@@H]2c3cc(C(=O)N(CC)Cc4ccccc4)ccc3NC(C)(C)[C@H]2O)cc1. The lowest BCUT2D eigenvalue weighted by atomic mass is 9.82. The van der Waals surface area contributed by atoms with Crippen LogP contribution in [0.1, 0.15) is 60.8 Å².